The average molecular weight is 518 g/mol. The number of rotatable bonds is 18. The second kappa shape index (κ2) is 18.1. The lowest BCUT2D eigenvalue weighted by Gasteiger charge is -2.17. The topological polar surface area (TPSA) is 114 Å². The number of nitrogens with zero attached hydrogens (tertiary/aromatic N) is 1. The Morgan fingerprint density at radius 2 is 1.68 bits per heavy atom. The predicted molar refractivity (Wildman–Crippen MR) is 143 cm³/mol. The highest BCUT2D eigenvalue weighted by atomic mass is 16.5. The number of benzene rings is 1. The number of unbranched alkanes of at least 4 members (excludes halogenated alkanes) is 1. The first-order valence-corrected chi connectivity index (χ1v) is 12.8. The second-order valence-corrected chi connectivity index (χ2v) is 9.26. The van der Waals surface area contributed by atoms with Gasteiger partial charge in [0, 0.05) is 57.7 Å². The molecule has 0 aliphatic heterocycles. The number of hydrogen-bond acceptors (Lipinski definition) is 7. The van der Waals surface area contributed by atoms with Crippen LogP contribution in [0.25, 0.3) is 0 Å². The summed E-state index contributed by atoms with van der Waals surface area (Å²) in [6.45, 7) is 6.75. The summed E-state index contributed by atoms with van der Waals surface area (Å²) in [4.78, 5) is 48.8. The molecule has 0 saturated heterocycles. The lowest BCUT2D eigenvalue weighted by Crippen LogP contribution is -2.30. The van der Waals surface area contributed by atoms with Gasteiger partial charge < -0.3 is 25.0 Å². The van der Waals surface area contributed by atoms with Crippen molar-refractivity contribution in [3.63, 3.8) is 0 Å². The van der Waals surface area contributed by atoms with Crippen LogP contribution in [0.3, 0.4) is 0 Å². The number of allylic oxidation sites excluding steroid dienone is 2. The molecule has 0 aliphatic rings. The zero-order valence-electron chi connectivity index (χ0n) is 22.9. The van der Waals surface area contributed by atoms with Gasteiger partial charge in [0.15, 0.2) is 5.78 Å². The van der Waals surface area contributed by atoms with Crippen LogP contribution in [0.15, 0.2) is 36.0 Å². The number of hydrogen-bond donors (Lipinski definition) is 2. The third kappa shape index (κ3) is 14.8. The molecule has 1 atom stereocenters. The highest BCUT2D eigenvalue weighted by Crippen LogP contribution is 2.09. The van der Waals surface area contributed by atoms with Gasteiger partial charge in [-0.15, -0.1) is 0 Å². The highest BCUT2D eigenvalue weighted by Gasteiger charge is 2.11. The fraction of sp³-hybridized carbons (Fsp3) is 0.571. The van der Waals surface area contributed by atoms with Crippen molar-refractivity contribution in [2.45, 2.75) is 59.4 Å². The van der Waals surface area contributed by atoms with Crippen molar-refractivity contribution in [2.75, 3.05) is 40.5 Å². The number of likely N-dealkylation sites (N-methyl/N-ethyl adjacent to an activating group) is 1. The normalized spacial score (nSPS) is 12.0. The molecule has 0 radical (unpaired) electrons. The summed E-state index contributed by atoms with van der Waals surface area (Å²) in [6, 6.07) is 7.62. The van der Waals surface area contributed by atoms with Crippen LogP contribution >= 0.6 is 0 Å². The molecule has 0 heterocycles. The van der Waals surface area contributed by atoms with Gasteiger partial charge in [0.05, 0.1) is 13.2 Å². The summed E-state index contributed by atoms with van der Waals surface area (Å²) < 4.78 is 10.5. The molecular formula is C28H43N3O6. The number of amides is 2. The molecule has 0 fully saturated rings. The summed E-state index contributed by atoms with van der Waals surface area (Å²) >= 11 is 0. The average Bonchev–Trinajstić information content (AvgIpc) is 2.86. The van der Waals surface area contributed by atoms with Crippen LogP contribution in [0, 0.1) is 5.92 Å². The Labute approximate surface area is 221 Å². The molecule has 0 aliphatic carbocycles. The fourth-order valence-electron chi connectivity index (χ4n) is 3.31. The maximum absolute atomic E-state index is 12.3. The SMILES string of the molecule is CN/C(C)=C\C(=O)Cc1ccc(CN(C)C(=O)COCCCOC(=O)NCCCCC(C)C(C)=O)cc1. The van der Waals surface area contributed by atoms with Crippen molar-refractivity contribution in [1.29, 1.82) is 0 Å². The first kappa shape index (κ1) is 31.8. The van der Waals surface area contributed by atoms with E-state index in [1.165, 1.54) is 0 Å². The number of Topliss-reactive ketones (excluding diaryl/α,β-unsaturated/α-hetero) is 1. The van der Waals surface area contributed by atoms with Crippen LogP contribution < -0.4 is 10.6 Å². The molecule has 0 bridgehead atoms. The Hall–Kier alpha value is -3.20. The van der Waals surface area contributed by atoms with E-state index in [0.29, 0.717) is 32.5 Å². The minimum atomic E-state index is -0.477. The largest absolute Gasteiger partial charge is 0.449 e. The molecule has 2 N–H and O–H groups in total. The number of carbonyl (C=O) groups is 4. The number of nitrogens with one attached hydrogen (secondary N) is 2. The van der Waals surface area contributed by atoms with E-state index in [2.05, 4.69) is 10.6 Å². The molecule has 0 aromatic heterocycles. The number of ketones is 2. The van der Waals surface area contributed by atoms with Crippen molar-refractivity contribution in [1.82, 2.24) is 15.5 Å². The fourth-order valence-corrected chi connectivity index (χ4v) is 3.31. The number of alkyl carbamates (subject to hydrolysis) is 1. The summed E-state index contributed by atoms with van der Waals surface area (Å²) in [5.41, 5.74) is 2.70. The van der Waals surface area contributed by atoms with Crippen LogP contribution in [-0.2, 0) is 36.8 Å². The van der Waals surface area contributed by atoms with Crippen LogP contribution in [0.1, 0.15) is 57.6 Å². The summed E-state index contributed by atoms with van der Waals surface area (Å²) in [5.74, 6) is 0.128. The van der Waals surface area contributed by atoms with Crippen molar-refractivity contribution in [2.24, 2.45) is 5.92 Å². The van der Waals surface area contributed by atoms with Crippen LogP contribution in [0.5, 0.6) is 0 Å². The Kier molecular flexibility index (Phi) is 15.6. The molecule has 1 rings (SSSR count). The first-order chi connectivity index (χ1) is 17.6. The molecule has 1 aromatic carbocycles. The molecule has 1 aromatic rings. The Balaban J connectivity index is 2.16. The van der Waals surface area contributed by atoms with Crippen LogP contribution in [0.4, 0.5) is 4.79 Å². The molecular weight excluding hydrogens is 474 g/mol. The van der Waals surface area contributed by atoms with Crippen molar-refractivity contribution < 1.29 is 28.7 Å². The predicted octanol–water partition coefficient (Wildman–Crippen LogP) is 3.41. The lowest BCUT2D eigenvalue weighted by atomic mass is 10.0. The molecule has 9 nitrogen and oxygen atoms in total. The van der Waals surface area contributed by atoms with E-state index in [4.69, 9.17) is 9.47 Å². The van der Waals surface area contributed by atoms with E-state index in [9.17, 15) is 19.2 Å². The van der Waals surface area contributed by atoms with Gasteiger partial charge in [0.1, 0.15) is 12.4 Å². The lowest BCUT2D eigenvalue weighted by molar-refractivity contribution is -0.135. The van der Waals surface area contributed by atoms with Crippen molar-refractivity contribution >= 4 is 23.6 Å². The monoisotopic (exact) mass is 517 g/mol. The molecule has 2 amide bonds. The van der Waals surface area contributed by atoms with E-state index in [-0.39, 0.29) is 36.6 Å². The smallest absolute Gasteiger partial charge is 0.407 e. The number of carbonyl (C=O) groups excluding carboxylic acids is 4. The van der Waals surface area contributed by atoms with Gasteiger partial charge in [-0.05, 0) is 37.8 Å². The Morgan fingerprint density at radius 1 is 1.00 bits per heavy atom. The van der Waals surface area contributed by atoms with Gasteiger partial charge in [0.2, 0.25) is 5.91 Å². The third-order valence-electron chi connectivity index (χ3n) is 5.94. The van der Waals surface area contributed by atoms with E-state index >= 15 is 0 Å². The van der Waals surface area contributed by atoms with Gasteiger partial charge in [-0.2, -0.15) is 0 Å². The van der Waals surface area contributed by atoms with E-state index in [0.717, 1.165) is 36.1 Å². The molecule has 1 unspecified atom stereocenters. The minimum Gasteiger partial charge on any atom is -0.449 e. The van der Waals surface area contributed by atoms with E-state index < -0.39 is 6.09 Å². The summed E-state index contributed by atoms with van der Waals surface area (Å²) in [7, 11) is 3.49. The standard InChI is InChI=1S/C28H43N3O6/c1-21(23(3)32)9-6-7-14-30-28(35)37-16-8-15-36-20-27(34)31(5)19-25-12-10-24(11-13-25)18-26(33)17-22(2)29-4/h10-13,17,21,29H,6-9,14-16,18-20H2,1-5H3,(H,30,35)/b22-17-. The highest BCUT2D eigenvalue weighted by molar-refractivity contribution is 5.91. The molecule has 206 valence electrons. The maximum atomic E-state index is 12.3. The molecule has 37 heavy (non-hydrogen) atoms. The van der Waals surface area contributed by atoms with Crippen molar-refractivity contribution in [3.8, 4) is 0 Å². The first-order valence-electron chi connectivity index (χ1n) is 12.8. The quantitative estimate of drug-likeness (QED) is 0.227. The zero-order valence-corrected chi connectivity index (χ0v) is 22.9. The molecule has 9 heteroatoms. The van der Waals surface area contributed by atoms with Gasteiger partial charge in [0.25, 0.3) is 0 Å². The van der Waals surface area contributed by atoms with E-state index in [1.54, 1.807) is 32.0 Å². The third-order valence-corrected chi connectivity index (χ3v) is 5.94. The maximum Gasteiger partial charge on any atom is 0.407 e. The van der Waals surface area contributed by atoms with Gasteiger partial charge >= 0.3 is 6.09 Å². The van der Waals surface area contributed by atoms with Gasteiger partial charge in [-0.3, -0.25) is 14.4 Å². The van der Waals surface area contributed by atoms with Gasteiger partial charge in [-0.1, -0.05) is 37.6 Å². The minimum absolute atomic E-state index is 0.0298. The number of ether oxygens (including phenoxy) is 2. The zero-order chi connectivity index (χ0) is 27.6. The Bertz CT molecular complexity index is 898. The molecule has 0 saturated carbocycles. The molecule has 0 spiro atoms. The summed E-state index contributed by atoms with van der Waals surface area (Å²) in [6.07, 6.45) is 4.42. The van der Waals surface area contributed by atoms with Crippen LogP contribution in [0.2, 0.25) is 0 Å². The Morgan fingerprint density at radius 3 is 2.32 bits per heavy atom. The second-order valence-electron chi connectivity index (χ2n) is 9.26. The van der Waals surface area contributed by atoms with E-state index in [1.807, 2.05) is 38.1 Å². The van der Waals surface area contributed by atoms with Crippen molar-refractivity contribution in [3.05, 3.63) is 47.2 Å². The summed E-state index contributed by atoms with van der Waals surface area (Å²) in [5, 5.41) is 5.62. The van der Waals surface area contributed by atoms with Gasteiger partial charge in [-0.25, -0.2) is 4.79 Å². The van der Waals surface area contributed by atoms with Crippen LogP contribution in [-0.4, -0.2) is 68.9 Å².